The van der Waals surface area contributed by atoms with Crippen LogP contribution in [0, 0.1) is 5.92 Å². The molecule has 19 heavy (non-hydrogen) atoms. The van der Waals surface area contributed by atoms with Crippen LogP contribution in [0.5, 0.6) is 0 Å². The number of carbonyl (C=O) groups is 1. The monoisotopic (exact) mass is 266 g/mol. The Bertz CT molecular complexity index is 428. The zero-order valence-corrected chi connectivity index (χ0v) is 11.6. The third-order valence-electron chi connectivity index (χ3n) is 3.66. The van der Waals surface area contributed by atoms with E-state index in [1.54, 1.807) is 19.3 Å². The highest BCUT2D eigenvalue weighted by Crippen LogP contribution is 2.22. The van der Waals surface area contributed by atoms with Crippen molar-refractivity contribution in [1.82, 2.24) is 4.90 Å². The number of nitrogens with zero attached hydrogens (tertiary/aromatic N) is 1. The van der Waals surface area contributed by atoms with Crippen LogP contribution in [0.1, 0.15) is 36.4 Å². The highest BCUT2D eigenvalue weighted by molar-refractivity contribution is 5.90. The minimum atomic E-state index is -0.311. The van der Waals surface area contributed by atoms with Crippen LogP contribution in [-0.2, 0) is 11.3 Å². The molecular formula is C14H22N2O3. The molecule has 0 aliphatic carbocycles. The largest absolute Gasteiger partial charge is 0.467 e. The van der Waals surface area contributed by atoms with Gasteiger partial charge in [-0.05, 0) is 38.8 Å². The smallest absolute Gasteiger partial charge is 0.341 e. The predicted molar refractivity (Wildman–Crippen MR) is 71.7 cm³/mol. The van der Waals surface area contributed by atoms with Gasteiger partial charge in [-0.1, -0.05) is 0 Å². The average Bonchev–Trinajstić information content (AvgIpc) is 2.99. The number of likely N-dealkylation sites (tertiary alicyclic amines) is 1. The first-order chi connectivity index (χ1) is 9.11. The number of carbonyl (C=O) groups excluding carboxylic acids is 1. The van der Waals surface area contributed by atoms with Crippen molar-refractivity contribution in [3.63, 3.8) is 0 Å². The molecule has 5 heteroatoms. The van der Waals surface area contributed by atoms with Crippen molar-refractivity contribution in [2.24, 2.45) is 11.7 Å². The van der Waals surface area contributed by atoms with E-state index < -0.39 is 0 Å². The van der Waals surface area contributed by atoms with Gasteiger partial charge in [0.15, 0.2) is 0 Å². The number of rotatable bonds is 5. The van der Waals surface area contributed by atoms with E-state index in [9.17, 15) is 4.79 Å². The van der Waals surface area contributed by atoms with Crippen molar-refractivity contribution in [2.75, 3.05) is 19.7 Å². The lowest BCUT2D eigenvalue weighted by Crippen LogP contribution is -2.29. The summed E-state index contributed by atoms with van der Waals surface area (Å²) in [4.78, 5) is 14.0. The molecule has 2 heterocycles. The summed E-state index contributed by atoms with van der Waals surface area (Å²) in [6.07, 6.45) is 2.65. The van der Waals surface area contributed by atoms with Crippen LogP contribution >= 0.6 is 0 Å². The molecule has 0 aromatic carbocycles. The summed E-state index contributed by atoms with van der Waals surface area (Å²) in [6, 6.07) is 1.89. The zero-order valence-electron chi connectivity index (χ0n) is 11.6. The minimum Gasteiger partial charge on any atom is -0.467 e. The zero-order chi connectivity index (χ0) is 13.8. The van der Waals surface area contributed by atoms with Gasteiger partial charge in [0, 0.05) is 12.6 Å². The molecule has 1 aromatic heterocycles. The molecule has 0 radical (unpaired) electrons. The van der Waals surface area contributed by atoms with E-state index in [1.165, 1.54) is 0 Å². The highest BCUT2D eigenvalue weighted by Gasteiger charge is 2.27. The molecule has 1 aliphatic rings. The number of nitrogens with two attached hydrogens (primary N) is 1. The Morgan fingerprint density at radius 1 is 1.68 bits per heavy atom. The SMILES string of the molecule is CCOC(=O)c1ccoc1CN1CCC(C(C)N)C1. The number of hydrogen-bond acceptors (Lipinski definition) is 5. The molecule has 1 saturated heterocycles. The standard InChI is InChI=1S/C14H22N2O3/c1-3-18-14(17)12-5-7-19-13(12)9-16-6-4-11(8-16)10(2)15/h5,7,10-11H,3-4,6,8-9,15H2,1-2H3. The van der Waals surface area contributed by atoms with Crippen molar-refractivity contribution in [3.05, 3.63) is 23.7 Å². The first-order valence-corrected chi connectivity index (χ1v) is 6.83. The molecule has 106 valence electrons. The second kappa shape index (κ2) is 6.21. The van der Waals surface area contributed by atoms with E-state index >= 15 is 0 Å². The van der Waals surface area contributed by atoms with Crippen LogP contribution in [0.2, 0.25) is 0 Å². The van der Waals surface area contributed by atoms with E-state index in [0.29, 0.717) is 30.4 Å². The van der Waals surface area contributed by atoms with Gasteiger partial charge in [0.2, 0.25) is 0 Å². The summed E-state index contributed by atoms with van der Waals surface area (Å²) < 4.78 is 10.4. The molecule has 0 saturated carbocycles. The van der Waals surface area contributed by atoms with E-state index in [1.807, 2.05) is 6.92 Å². The van der Waals surface area contributed by atoms with Gasteiger partial charge in [-0.2, -0.15) is 0 Å². The maximum absolute atomic E-state index is 11.8. The lowest BCUT2D eigenvalue weighted by atomic mass is 10.0. The van der Waals surface area contributed by atoms with Gasteiger partial charge in [0.1, 0.15) is 11.3 Å². The molecule has 1 fully saturated rings. The average molecular weight is 266 g/mol. The summed E-state index contributed by atoms with van der Waals surface area (Å²) in [6.45, 7) is 6.82. The first-order valence-electron chi connectivity index (χ1n) is 6.83. The van der Waals surface area contributed by atoms with Gasteiger partial charge in [0.25, 0.3) is 0 Å². The Labute approximate surface area is 113 Å². The van der Waals surface area contributed by atoms with Gasteiger partial charge < -0.3 is 14.9 Å². The molecular weight excluding hydrogens is 244 g/mol. The fourth-order valence-electron chi connectivity index (χ4n) is 2.49. The second-order valence-corrected chi connectivity index (χ2v) is 5.12. The maximum Gasteiger partial charge on any atom is 0.341 e. The summed E-state index contributed by atoms with van der Waals surface area (Å²) in [5.41, 5.74) is 6.46. The second-order valence-electron chi connectivity index (χ2n) is 5.12. The van der Waals surface area contributed by atoms with Crippen LogP contribution in [0.4, 0.5) is 0 Å². The minimum absolute atomic E-state index is 0.214. The van der Waals surface area contributed by atoms with Crippen molar-refractivity contribution in [3.8, 4) is 0 Å². The summed E-state index contributed by atoms with van der Waals surface area (Å²) in [7, 11) is 0. The Morgan fingerprint density at radius 3 is 3.11 bits per heavy atom. The van der Waals surface area contributed by atoms with Crippen LogP contribution in [0.3, 0.4) is 0 Å². The number of hydrogen-bond donors (Lipinski definition) is 1. The molecule has 1 aromatic rings. The fourth-order valence-corrected chi connectivity index (χ4v) is 2.49. The fraction of sp³-hybridized carbons (Fsp3) is 0.643. The Morgan fingerprint density at radius 2 is 2.47 bits per heavy atom. The molecule has 0 bridgehead atoms. The number of furan rings is 1. The summed E-state index contributed by atoms with van der Waals surface area (Å²) in [5, 5.41) is 0. The van der Waals surface area contributed by atoms with Gasteiger partial charge >= 0.3 is 5.97 Å². The van der Waals surface area contributed by atoms with Crippen LogP contribution < -0.4 is 5.73 Å². The van der Waals surface area contributed by atoms with Crippen molar-refractivity contribution < 1.29 is 13.9 Å². The molecule has 1 aliphatic heterocycles. The Kier molecular flexibility index (Phi) is 4.61. The number of ether oxygens (including phenoxy) is 1. The molecule has 2 atom stereocenters. The molecule has 0 amide bonds. The predicted octanol–water partition coefficient (Wildman–Crippen LogP) is 1.63. The molecule has 2 rings (SSSR count). The summed E-state index contributed by atoms with van der Waals surface area (Å²) >= 11 is 0. The van der Waals surface area contributed by atoms with Crippen molar-refractivity contribution in [2.45, 2.75) is 32.9 Å². The maximum atomic E-state index is 11.8. The molecule has 0 spiro atoms. The van der Waals surface area contributed by atoms with Gasteiger partial charge in [-0.15, -0.1) is 0 Å². The van der Waals surface area contributed by atoms with Crippen LogP contribution in [0.15, 0.2) is 16.7 Å². The topological polar surface area (TPSA) is 68.7 Å². The van der Waals surface area contributed by atoms with E-state index in [2.05, 4.69) is 4.90 Å². The lowest BCUT2D eigenvalue weighted by molar-refractivity contribution is 0.0522. The highest BCUT2D eigenvalue weighted by atomic mass is 16.5. The van der Waals surface area contributed by atoms with Crippen molar-refractivity contribution >= 4 is 5.97 Å². The van der Waals surface area contributed by atoms with E-state index in [-0.39, 0.29) is 12.0 Å². The first kappa shape index (κ1) is 14.1. The quantitative estimate of drug-likeness (QED) is 0.820. The van der Waals surface area contributed by atoms with Gasteiger partial charge in [-0.3, -0.25) is 4.90 Å². The van der Waals surface area contributed by atoms with Crippen LogP contribution in [0.25, 0.3) is 0 Å². The number of esters is 1. The third-order valence-corrected chi connectivity index (χ3v) is 3.66. The lowest BCUT2D eigenvalue weighted by Gasteiger charge is -2.17. The molecule has 2 unspecified atom stereocenters. The van der Waals surface area contributed by atoms with Crippen molar-refractivity contribution in [1.29, 1.82) is 0 Å². The normalized spacial score (nSPS) is 21.5. The van der Waals surface area contributed by atoms with Crippen LogP contribution in [-0.4, -0.2) is 36.6 Å². The Balaban J connectivity index is 1.97. The Hall–Kier alpha value is -1.33. The summed E-state index contributed by atoms with van der Waals surface area (Å²) in [5.74, 6) is 0.902. The molecule has 5 nitrogen and oxygen atoms in total. The van der Waals surface area contributed by atoms with Gasteiger partial charge in [-0.25, -0.2) is 4.79 Å². The van der Waals surface area contributed by atoms with Gasteiger partial charge in [0.05, 0.1) is 19.4 Å². The molecule has 2 N–H and O–H groups in total. The van der Waals surface area contributed by atoms with E-state index in [0.717, 1.165) is 19.5 Å². The van der Waals surface area contributed by atoms with E-state index in [4.69, 9.17) is 14.9 Å². The third kappa shape index (κ3) is 3.36.